The number of aromatic nitrogens is 2. The molecule has 1 aromatic heterocycles. The van der Waals surface area contributed by atoms with E-state index >= 15 is 0 Å². The van der Waals surface area contributed by atoms with Crippen LogP contribution in [-0.4, -0.2) is 33.1 Å². The number of carbonyl (C=O) groups is 2. The molecule has 0 saturated carbocycles. The molecule has 2 atom stereocenters. The molecule has 2 unspecified atom stereocenters. The molecular weight excluding hydrogens is 431 g/mol. The van der Waals surface area contributed by atoms with Crippen molar-refractivity contribution in [1.29, 1.82) is 0 Å². The number of aliphatic carboxylic acids is 1. The Morgan fingerprint density at radius 2 is 1.80 bits per heavy atom. The van der Waals surface area contributed by atoms with E-state index in [0.717, 1.165) is 0 Å². The number of H-pyrrole nitrogens is 1. The molecule has 0 radical (unpaired) electrons. The van der Waals surface area contributed by atoms with Gasteiger partial charge in [-0.2, -0.15) is 0 Å². The zero-order valence-electron chi connectivity index (χ0n) is 15.5. The van der Waals surface area contributed by atoms with Crippen molar-refractivity contribution in [2.45, 2.75) is 18.5 Å². The van der Waals surface area contributed by atoms with E-state index in [0.29, 0.717) is 27.0 Å². The third-order valence-corrected chi connectivity index (χ3v) is 4.83. The van der Waals surface area contributed by atoms with Crippen molar-refractivity contribution >= 4 is 40.8 Å². The highest BCUT2D eigenvalue weighted by Gasteiger charge is 2.27. The van der Waals surface area contributed by atoms with E-state index in [9.17, 15) is 14.7 Å². The lowest BCUT2D eigenvalue weighted by molar-refractivity contribution is -0.158. The molecule has 0 spiro atoms. The lowest BCUT2D eigenvalue weighted by Crippen LogP contribution is -2.41. The molecule has 3 rings (SSSR count). The minimum absolute atomic E-state index is 0.0440. The van der Waals surface area contributed by atoms with Gasteiger partial charge in [-0.1, -0.05) is 59.6 Å². The van der Waals surface area contributed by atoms with Gasteiger partial charge in [0.1, 0.15) is 6.04 Å². The molecule has 8 nitrogen and oxygen atoms in total. The molecule has 1 heterocycles. The molecule has 4 N–H and O–H groups in total. The Bertz CT molecular complexity index is 979. The summed E-state index contributed by atoms with van der Waals surface area (Å²) in [6.07, 6.45) is 2.97. The first-order valence-corrected chi connectivity index (χ1v) is 9.63. The van der Waals surface area contributed by atoms with Gasteiger partial charge in [-0.25, -0.2) is 9.78 Å². The van der Waals surface area contributed by atoms with Crippen LogP contribution in [0, 0.1) is 0 Å². The highest BCUT2D eigenvalue weighted by atomic mass is 35.5. The number of anilines is 1. The highest BCUT2D eigenvalue weighted by Crippen LogP contribution is 2.33. The van der Waals surface area contributed by atoms with E-state index in [4.69, 9.17) is 28.0 Å². The molecule has 3 aromatic rings. The number of nitrogens with one attached hydrogen (secondary N) is 3. The molecule has 0 aliphatic rings. The van der Waals surface area contributed by atoms with E-state index in [2.05, 4.69) is 20.8 Å². The first-order chi connectivity index (χ1) is 14.5. The summed E-state index contributed by atoms with van der Waals surface area (Å²) < 4.78 is 0. The van der Waals surface area contributed by atoms with Gasteiger partial charge in [0.05, 0.1) is 22.1 Å². The Morgan fingerprint density at radius 3 is 2.40 bits per heavy atom. The van der Waals surface area contributed by atoms with Crippen LogP contribution in [0.25, 0.3) is 0 Å². The number of nitrogens with zero attached hydrogens (tertiary/aromatic N) is 1. The maximum absolute atomic E-state index is 12.9. The van der Waals surface area contributed by atoms with Gasteiger partial charge in [0.25, 0.3) is 0 Å². The number of halogens is 2. The summed E-state index contributed by atoms with van der Waals surface area (Å²) in [6.45, 7) is 0. The third-order valence-electron chi connectivity index (χ3n) is 4.20. The Morgan fingerprint density at radius 1 is 1.10 bits per heavy atom. The van der Waals surface area contributed by atoms with Crippen LogP contribution in [-0.2, 0) is 20.8 Å². The van der Waals surface area contributed by atoms with Crippen LogP contribution < -0.4 is 10.8 Å². The number of imidazole rings is 1. The summed E-state index contributed by atoms with van der Waals surface area (Å²) in [5, 5.41) is 13.0. The largest absolute Gasteiger partial charge is 0.480 e. The van der Waals surface area contributed by atoms with Crippen LogP contribution in [0.3, 0.4) is 0 Å². The number of aromatic amines is 1. The molecule has 2 aromatic carbocycles. The van der Waals surface area contributed by atoms with Crippen LogP contribution in [0.4, 0.5) is 5.69 Å². The summed E-state index contributed by atoms with van der Waals surface area (Å²) in [5.41, 5.74) is 3.84. The van der Waals surface area contributed by atoms with Crippen molar-refractivity contribution in [1.82, 2.24) is 15.4 Å². The Hall–Kier alpha value is -3.07. The van der Waals surface area contributed by atoms with Gasteiger partial charge in [0.2, 0.25) is 0 Å². The van der Waals surface area contributed by atoms with Gasteiger partial charge in [-0.05, 0) is 17.7 Å². The molecule has 30 heavy (non-hydrogen) atoms. The van der Waals surface area contributed by atoms with Gasteiger partial charge in [0.15, 0.2) is 6.04 Å². The fraction of sp³-hybridized carbons (Fsp3) is 0.150. The van der Waals surface area contributed by atoms with Crippen molar-refractivity contribution in [3.63, 3.8) is 0 Å². The number of carboxylic acids is 1. The molecular formula is C20H18Cl2N4O4. The van der Waals surface area contributed by atoms with Gasteiger partial charge < -0.3 is 20.2 Å². The Kier molecular flexibility index (Phi) is 7.29. The van der Waals surface area contributed by atoms with Crippen LogP contribution in [0.2, 0.25) is 10.0 Å². The lowest BCUT2D eigenvalue weighted by Gasteiger charge is -2.21. The number of carbonyl (C=O) groups excluding carboxylic acids is 1. The van der Waals surface area contributed by atoms with E-state index in [1.54, 1.807) is 48.5 Å². The summed E-state index contributed by atoms with van der Waals surface area (Å²) in [6, 6.07) is 11.6. The van der Waals surface area contributed by atoms with Crippen LogP contribution >= 0.6 is 23.2 Å². The first-order valence-electron chi connectivity index (χ1n) is 8.87. The molecule has 10 heteroatoms. The normalized spacial score (nSPS) is 12.7. The highest BCUT2D eigenvalue weighted by molar-refractivity contribution is 6.39. The molecule has 156 valence electrons. The van der Waals surface area contributed by atoms with Crippen molar-refractivity contribution in [2.75, 3.05) is 5.32 Å². The number of rotatable bonds is 9. The lowest BCUT2D eigenvalue weighted by atomic mass is 10.1. The second-order valence-electron chi connectivity index (χ2n) is 6.30. The monoisotopic (exact) mass is 448 g/mol. The number of para-hydroxylation sites is 1. The molecule has 0 aliphatic carbocycles. The molecule has 0 saturated heterocycles. The van der Waals surface area contributed by atoms with Gasteiger partial charge in [-0.15, -0.1) is 5.48 Å². The summed E-state index contributed by atoms with van der Waals surface area (Å²) in [4.78, 5) is 36.2. The van der Waals surface area contributed by atoms with Crippen LogP contribution in [0.5, 0.6) is 0 Å². The van der Waals surface area contributed by atoms with E-state index < -0.39 is 24.0 Å². The summed E-state index contributed by atoms with van der Waals surface area (Å²) in [7, 11) is 0. The van der Waals surface area contributed by atoms with Crippen molar-refractivity contribution < 1.29 is 19.5 Å². The van der Waals surface area contributed by atoms with E-state index in [1.165, 1.54) is 12.5 Å². The molecule has 0 aliphatic heterocycles. The number of hydroxylamine groups is 1. The average molecular weight is 449 g/mol. The zero-order valence-corrected chi connectivity index (χ0v) is 17.0. The number of hydrogen-bond donors (Lipinski definition) is 4. The Balaban J connectivity index is 1.77. The maximum atomic E-state index is 12.9. The van der Waals surface area contributed by atoms with Crippen LogP contribution in [0.15, 0.2) is 61.1 Å². The average Bonchev–Trinajstić information content (AvgIpc) is 3.24. The Labute approximate surface area is 182 Å². The predicted molar refractivity (Wildman–Crippen MR) is 112 cm³/mol. The number of carboxylic acid groups (broad SMARTS) is 1. The minimum Gasteiger partial charge on any atom is -0.480 e. The number of hydrogen-bond acceptors (Lipinski definition) is 6. The van der Waals surface area contributed by atoms with Crippen molar-refractivity contribution in [3.8, 4) is 0 Å². The van der Waals surface area contributed by atoms with Gasteiger partial charge in [0, 0.05) is 18.3 Å². The van der Waals surface area contributed by atoms with E-state index in [1.807, 2.05) is 0 Å². The van der Waals surface area contributed by atoms with Gasteiger partial charge in [-0.3, -0.25) is 4.79 Å². The smallest absolute Gasteiger partial charge is 0.351 e. The molecule has 0 amide bonds. The summed E-state index contributed by atoms with van der Waals surface area (Å²) in [5.74, 6) is -1.94. The predicted octanol–water partition coefficient (Wildman–Crippen LogP) is 3.61. The van der Waals surface area contributed by atoms with Crippen molar-refractivity contribution in [3.05, 3.63) is 82.4 Å². The maximum Gasteiger partial charge on any atom is 0.351 e. The van der Waals surface area contributed by atoms with Crippen molar-refractivity contribution in [2.24, 2.45) is 0 Å². The van der Waals surface area contributed by atoms with Gasteiger partial charge >= 0.3 is 11.9 Å². The van der Waals surface area contributed by atoms with Crippen LogP contribution in [0.1, 0.15) is 17.3 Å². The quantitative estimate of drug-likeness (QED) is 0.369. The standard InChI is InChI=1S/C20H18Cl2N4O4/c21-14-7-4-8-15(22)18(14)25-17(12-5-2-1-3-6-12)20(29)30-26-16(19(27)28)9-13-10-23-11-24-13/h1-8,10-11,16-17,25-26H,9H2,(H,23,24)(H,27,28). The third kappa shape index (κ3) is 5.50. The SMILES string of the molecule is O=C(O)C(Cc1cnc[nH]1)NOC(=O)C(Nc1c(Cl)cccc1Cl)c1ccccc1. The second kappa shape index (κ2) is 10.1. The minimum atomic E-state index is -1.18. The summed E-state index contributed by atoms with van der Waals surface area (Å²) >= 11 is 12.4. The zero-order chi connectivity index (χ0) is 21.5. The van der Waals surface area contributed by atoms with E-state index in [-0.39, 0.29) is 6.42 Å². The number of benzene rings is 2. The first kappa shape index (κ1) is 21.6. The fourth-order valence-corrected chi connectivity index (χ4v) is 3.19. The molecule has 0 fully saturated rings. The second-order valence-corrected chi connectivity index (χ2v) is 7.11. The topological polar surface area (TPSA) is 116 Å². The fourth-order valence-electron chi connectivity index (χ4n) is 2.69. The molecule has 0 bridgehead atoms.